The smallest absolute Gasteiger partial charge is 0.244 e. The van der Waals surface area contributed by atoms with Gasteiger partial charge in [-0.1, -0.05) is 60.0 Å². The summed E-state index contributed by atoms with van der Waals surface area (Å²) in [6.07, 6.45) is 1.74. The van der Waals surface area contributed by atoms with Crippen molar-refractivity contribution in [2.45, 2.75) is 39.8 Å². The van der Waals surface area contributed by atoms with E-state index >= 15 is 0 Å². The maximum atomic E-state index is 13.4. The second-order valence-corrected chi connectivity index (χ2v) is 10.6. The van der Waals surface area contributed by atoms with E-state index in [2.05, 4.69) is 5.32 Å². The van der Waals surface area contributed by atoms with Crippen LogP contribution in [0.5, 0.6) is 0 Å². The number of rotatable bonds is 10. The molecule has 0 fully saturated rings. The van der Waals surface area contributed by atoms with Gasteiger partial charge in [0, 0.05) is 18.1 Å². The fourth-order valence-electron chi connectivity index (χ4n) is 3.26. The minimum Gasteiger partial charge on any atom is -0.354 e. The molecular weight excluding hydrogens is 485 g/mol. The Hall–Kier alpha value is -2.29. The van der Waals surface area contributed by atoms with Gasteiger partial charge >= 0.3 is 0 Å². The molecule has 10 heteroatoms. The number of halogens is 2. The van der Waals surface area contributed by atoms with E-state index in [1.54, 1.807) is 6.92 Å². The van der Waals surface area contributed by atoms with Crippen LogP contribution in [-0.2, 0) is 26.2 Å². The lowest BCUT2D eigenvalue weighted by atomic mass is 10.1. The summed E-state index contributed by atoms with van der Waals surface area (Å²) in [4.78, 5) is 27.5. The molecule has 1 unspecified atom stereocenters. The summed E-state index contributed by atoms with van der Waals surface area (Å²) in [5.74, 6) is -0.847. The van der Waals surface area contributed by atoms with Gasteiger partial charge < -0.3 is 10.2 Å². The first-order valence-electron chi connectivity index (χ1n) is 10.5. The number of hydrogen-bond donors (Lipinski definition) is 1. The van der Waals surface area contributed by atoms with Crippen molar-refractivity contribution in [2.24, 2.45) is 0 Å². The molecule has 2 aromatic rings. The molecule has 1 N–H and O–H groups in total. The van der Waals surface area contributed by atoms with E-state index in [4.69, 9.17) is 23.2 Å². The number of hydrogen-bond acceptors (Lipinski definition) is 4. The largest absolute Gasteiger partial charge is 0.354 e. The second kappa shape index (κ2) is 11.7. The second-order valence-electron chi connectivity index (χ2n) is 7.84. The Morgan fingerprint density at radius 2 is 1.82 bits per heavy atom. The quantitative estimate of drug-likeness (QED) is 0.519. The maximum Gasteiger partial charge on any atom is 0.244 e. The molecule has 2 amide bonds. The number of nitrogens with zero attached hydrogens (tertiary/aromatic N) is 2. The number of sulfonamides is 1. The molecule has 0 saturated heterocycles. The van der Waals surface area contributed by atoms with Crippen LogP contribution >= 0.6 is 23.2 Å². The minimum atomic E-state index is -3.86. The third-order valence-corrected chi connectivity index (χ3v) is 6.67. The highest BCUT2D eigenvalue weighted by atomic mass is 35.5. The van der Waals surface area contributed by atoms with Crippen molar-refractivity contribution in [1.82, 2.24) is 10.2 Å². The van der Waals surface area contributed by atoms with Gasteiger partial charge in [-0.15, -0.1) is 0 Å². The molecule has 0 aliphatic heterocycles. The molecule has 0 saturated carbocycles. The highest BCUT2D eigenvalue weighted by Gasteiger charge is 2.30. The highest BCUT2D eigenvalue weighted by molar-refractivity contribution is 7.92. The molecule has 2 aromatic carbocycles. The molecule has 0 heterocycles. The van der Waals surface area contributed by atoms with Crippen LogP contribution in [-0.4, -0.2) is 50.5 Å². The van der Waals surface area contributed by atoms with Gasteiger partial charge in [-0.25, -0.2) is 8.42 Å². The number of anilines is 1. The third kappa shape index (κ3) is 7.62. The van der Waals surface area contributed by atoms with Gasteiger partial charge in [-0.3, -0.25) is 13.9 Å². The molecule has 7 nitrogen and oxygen atoms in total. The summed E-state index contributed by atoms with van der Waals surface area (Å²) >= 11 is 12.2. The van der Waals surface area contributed by atoms with E-state index in [9.17, 15) is 18.0 Å². The number of carbonyl (C=O) groups excluding carboxylic acids is 2. The lowest BCUT2D eigenvalue weighted by Gasteiger charge is -2.31. The lowest BCUT2D eigenvalue weighted by molar-refractivity contribution is -0.139. The third-order valence-electron chi connectivity index (χ3n) is 5.01. The topological polar surface area (TPSA) is 86.8 Å². The highest BCUT2D eigenvalue weighted by Crippen LogP contribution is 2.30. The predicted octanol–water partition coefficient (Wildman–Crippen LogP) is 4.01. The molecule has 0 aromatic heterocycles. The number of carbonyl (C=O) groups is 2. The number of nitrogens with one attached hydrogen (secondary N) is 1. The van der Waals surface area contributed by atoms with Crippen molar-refractivity contribution in [3.8, 4) is 0 Å². The monoisotopic (exact) mass is 513 g/mol. The van der Waals surface area contributed by atoms with Gasteiger partial charge in [-0.2, -0.15) is 0 Å². The molecule has 0 radical (unpaired) electrons. The first kappa shape index (κ1) is 27.0. The molecule has 2 rings (SSSR count). The van der Waals surface area contributed by atoms with Crippen molar-refractivity contribution in [2.75, 3.05) is 23.7 Å². The van der Waals surface area contributed by atoms with Gasteiger partial charge in [0.05, 0.1) is 17.0 Å². The zero-order chi connectivity index (χ0) is 24.8. The van der Waals surface area contributed by atoms with Crippen LogP contribution in [0.15, 0.2) is 42.5 Å². The van der Waals surface area contributed by atoms with Crippen molar-refractivity contribution in [3.63, 3.8) is 0 Å². The lowest BCUT2D eigenvalue weighted by Crippen LogP contribution is -2.51. The Labute approximate surface area is 205 Å². The number of aryl methyl sites for hydroxylation is 1. The molecule has 180 valence electrons. The first-order valence-corrected chi connectivity index (χ1v) is 13.1. The van der Waals surface area contributed by atoms with Crippen LogP contribution in [0.4, 0.5) is 5.69 Å². The van der Waals surface area contributed by atoms with Crippen molar-refractivity contribution >= 4 is 50.7 Å². The number of amides is 2. The fourth-order valence-corrected chi connectivity index (χ4v) is 4.69. The van der Waals surface area contributed by atoms with Gasteiger partial charge in [0.25, 0.3) is 0 Å². The van der Waals surface area contributed by atoms with Crippen LogP contribution in [0, 0.1) is 6.92 Å². The summed E-state index contributed by atoms with van der Waals surface area (Å²) in [7, 11) is -3.86. The van der Waals surface area contributed by atoms with Crippen LogP contribution < -0.4 is 9.62 Å². The normalized spacial score (nSPS) is 12.2. The molecule has 33 heavy (non-hydrogen) atoms. The van der Waals surface area contributed by atoms with Crippen LogP contribution in [0.25, 0.3) is 0 Å². The zero-order valence-corrected chi connectivity index (χ0v) is 21.5. The first-order chi connectivity index (χ1) is 15.4. The summed E-state index contributed by atoms with van der Waals surface area (Å²) in [6.45, 7) is 5.59. The molecule has 1 atom stereocenters. The van der Waals surface area contributed by atoms with Crippen molar-refractivity contribution < 1.29 is 18.0 Å². The zero-order valence-electron chi connectivity index (χ0n) is 19.1. The Morgan fingerprint density at radius 3 is 2.39 bits per heavy atom. The standard InChI is InChI=1S/C23H29Cl2N3O4S/c1-5-11-26-23(30)17(3)27(14-18-8-6-7-16(2)12-18)22(29)15-28(33(4,31)32)21-10-9-19(24)13-20(21)25/h6-10,12-13,17H,5,11,14-15H2,1-4H3,(H,26,30). The average molecular weight is 514 g/mol. The van der Waals surface area contributed by atoms with Crippen molar-refractivity contribution in [1.29, 1.82) is 0 Å². The van der Waals surface area contributed by atoms with Gasteiger partial charge in [0.15, 0.2) is 0 Å². The fraction of sp³-hybridized carbons (Fsp3) is 0.391. The molecule has 0 aliphatic rings. The molecule has 0 bridgehead atoms. The summed E-state index contributed by atoms with van der Waals surface area (Å²) in [6, 6.07) is 11.1. The van der Waals surface area contributed by atoms with E-state index in [-0.39, 0.29) is 23.2 Å². The van der Waals surface area contributed by atoms with Crippen molar-refractivity contribution in [3.05, 3.63) is 63.6 Å². The summed E-state index contributed by atoms with van der Waals surface area (Å²) in [5.41, 5.74) is 1.97. The summed E-state index contributed by atoms with van der Waals surface area (Å²) < 4.78 is 26.0. The SMILES string of the molecule is CCCNC(=O)C(C)N(Cc1cccc(C)c1)C(=O)CN(c1ccc(Cl)cc1Cl)S(C)(=O)=O. The van der Waals surface area contributed by atoms with Gasteiger partial charge in [0.2, 0.25) is 21.8 Å². The maximum absolute atomic E-state index is 13.4. The van der Waals surface area contributed by atoms with E-state index < -0.39 is 28.5 Å². The molecule has 0 spiro atoms. The number of benzene rings is 2. The van der Waals surface area contributed by atoms with E-state index in [1.165, 1.54) is 23.1 Å². The van der Waals surface area contributed by atoms with Gasteiger partial charge in [0.1, 0.15) is 12.6 Å². The van der Waals surface area contributed by atoms with Gasteiger partial charge in [-0.05, 0) is 44.0 Å². The van der Waals surface area contributed by atoms with Crippen LogP contribution in [0.1, 0.15) is 31.4 Å². The van der Waals surface area contributed by atoms with Crippen LogP contribution in [0.2, 0.25) is 10.0 Å². The molecular formula is C23H29Cl2N3O4S. The average Bonchev–Trinajstić information content (AvgIpc) is 2.73. The van der Waals surface area contributed by atoms with E-state index in [0.717, 1.165) is 28.1 Å². The van der Waals surface area contributed by atoms with E-state index in [0.29, 0.717) is 11.6 Å². The Kier molecular flexibility index (Phi) is 9.57. The van der Waals surface area contributed by atoms with E-state index in [1.807, 2.05) is 38.1 Å². The Bertz CT molecular complexity index is 1110. The predicted molar refractivity (Wildman–Crippen MR) is 133 cm³/mol. The summed E-state index contributed by atoms with van der Waals surface area (Å²) in [5, 5.41) is 3.23. The minimum absolute atomic E-state index is 0.0969. The molecule has 0 aliphatic carbocycles. The van der Waals surface area contributed by atoms with Crippen LogP contribution in [0.3, 0.4) is 0 Å². The Balaban J connectivity index is 2.40. The Morgan fingerprint density at radius 1 is 1.12 bits per heavy atom.